The number of hydrogen-bond acceptors (Lipinski definition) is 3. The fourth-order valence-electron chi connectivity index (χ4n) is 2.71. The Hall–Kier alpha value is -1.98. The fourth-order valence-corrected chi connectivity index (χ4v) is 3.62. The van der Waals surface area contributed by atoms with Gasteiger partial charge in [-0.3, -0.25) is 9.59 Å². The highest BCUT2D eigenvalue weighted by atomic mass is 35.5. The fraction of sp³-hybridized carbons (Fsp3) is 0.391. The molecule has 0 unspecified atom stereocenters. The van der Waals surface area contributed by atoms with Crippen molar-refractivity contribution >= 4 is 35.2 Å². The molecule has 0 spiro atoms. The average molecular weight is 433 g/mol. The maximum absolute atomic E-state index is 13.1. The van der Waals surface area contributed by atoms with Crippen LogP contribution in [0.15, 0.2) is 53.4 Å². The van der Waals surface area contributed by atoms with E-state index in [1.54, 1.807) is 24.0 Å². The van der Waals surface area contributed by atoms with Crippen molar-refractivity contribution in [2.24, 2.45) is 0 Å². The van der Waals surface area contributed by atoms with Crippen LogP contribution in [0.3, 0.4) is 0 Å². The summed E-state index contributed by atoms with van der Waals surface area (Å²) in [6, 6.07) is 14.8. The maximum Gasteiger partial charge on any atom is 0.242 e. The Morgan fingerprint density at radius 3 is 2.21 bits per heavy atom. The van der Waals surface area contributed by atoms with E-state index >= 15 is 0 Å². The van der Waals surface area contributed by atoms with Crippen LogP contribution in [0.5, 0.6) is 0 Å². The zero-order valence-corrected chi connectivity index (χ0v) is 19.2. The first-order valence-corrected chi connectivity index (χ1v) is 11.0. The molecule has 2 rings (SSSR count). The SMILES string of the molecule is Cc1ccc(SCC(=O)N(Cc2ccc(Cl)cc2)[C@H](C)C(=O)NC(C)(C)C)cc1. The second-order valence-electron chi connectivity index (χ2n) is 8.17. The number of nitrogens with zero attached hydrogens (tertiary/aromatic N) is 1. The molecule has 0 aliphatic heterocycles. The van der Waals surface area contributed by atoms with Crippen molar-refractivity contribution in [3.8, 4) is 0 Å². The monoisotopic (exact) mass is 432 g/mol. The van der Waals surface area contributed by atoms with Crippen LogP contribution in [-0.4, -0.2) is 34.0 Å². The molecule has 2 aromatic carbocycles. The van der Waals surface area contributed by atoms with E-state index in [1.807, 2.05) is 64.1 Å². The summed E-state index contributed by atoms with van der Waals surface area (Å²) in [5, 5.41) is 3.61. The molecule has 2 amide bonds. The number of rotatable bonds is 7. The number of carbonyl (C=O) groups excluding carboxylic acids is 2. The number of aryl methyl sites for hydroxylation is 1. The van der Waals surface area contributed by atoms with Gasteiger partial charge in [-0.2, -0.15) is 0 Å². The van der Waals surface area contributed by atoms with Crippen LogP contribution >= 0.6 is 23.4 Å². The molecule has 0 aromatic heterocycles. The minimum absolute atomic E-state index is 0.0814. The molecule has 4 nitrogen and oxygen atoms in total. The smallest absolute Gasteiger partial charge is 0.242 e. The van der Waals surface area contributed by atoms with Crippen molar-refractivity contribution in [1.82, 2.24) is 10.2 Å². The second kappa shape index (κ2) is 10.2. The van der Waals surface area contributed by atoms with Crippen LogP contribution in [0, 0.1) is 6.92 Å². The molecular weight excluding hydrogens is 404 g/mol. The first kappa shape index (κ1) is 23.3. The van der Waals surface area contributed by atoms with Crippen LogP contribution in [0.25, 0.3) is 0 Å². The number of carbonyl (C=O) groups is 2. The molecule has 0 fully saturated rings. The van der Waals surface area contributed by atoms with Crippen molar-refractivity contribution in [2.75, 3.05) is 5.75 Å². The predicted octanol–water partition coefficient (Wildman–Crippen LogP) is 5.07. The molecule has 29 heavy (non-hydrogen) atoms. The van der Waals surface area contributed by atoms with E-state index in [4.69, 9.17) is 11.6 Å². The highest BCUT2D eigenvalue weighted by Gasteiger charge is 2.28. The Balaban J connectivity index is 2.15. The number of hydrogen-bond donors (Lipinski definition) is 1. The van der Waals surface area contributed by atoms with Gasteiger partial charge >= 0.3 is 0 Å². The van der Waals surface area contributed by atoms with E-state index in [0.717, 1.165) is 10.5 Å². The summed E-state index contributed by atoms with van der Waals surface area (Å²) in [6.07, 6.45) is 0. The third-order valence-electron chi connectivity index (χ3n) is 4.31. The summed E-state index contributed by atoms with van der Waals surface area (Å²) in [5.41, 5.74) is 1.74. The van der Waals surface area contributed by atoms with Gasteiger partial charge < -0.3 is 10.2 Å². The van der Waals surface area contributed by atoms with E-state index in [0.29, 0.717) is 11.6 Å². The number of halogens is 1. The molecule has 0 radical (unpaired) electrons. The maximum atomic E-state index is 13.1. The van der Waals surface area contributed by atoms with Gasteiger partial charge in [0.1, 0.15) is 6.04 Å². The second-order valence-corrected chi connectivity index (χ2v) is 9.65. The van der Waals surface area contributed by atoms with Crippen LogP contribution in [0.4, 0.5) is 0 Å². The van der Waals surface area contributed by atoms with Gasteiger partial charge in [0.2, 0.25) is 11.8 Å². The topological polar surface area (TPSA) is 49.4 Å². The van der Waals surface area contributed by atoms with Gasteiger partial charge in [-0.25, -0.2) is 0 Å². The highest BCUT2D eigenvalue weighted by Crippen LogP contribution is 2.21. The highest BCUT2D eigenvalue weighted by molar-refractivity contribution is 8.00. The van der Waals surface area contributed by atoms with Crippen molar-refractivity contribution in [3.05, 3.63) is 64.7 Å². The van der Waals surface area contributed by atoms with Crippen molar-refractivity contribution in [1.29, 1.82) is 0 Å². The number of amides is 2. The molecule has 1 N–H and O–H groups in total. The van der Waals surface area contributed by atoms with Crippen molar-refractivity contribution in [2.45, 2.75) is 57.6 Å². The number of benzene rings is 2. The Labute approximate surface area is 183 Å². The number of thioether (sulfide) groups is 1. The Morgan fingerprint density at radius 1 is 1.07 bits per heavy atom. The number of nitrogens with one attached hydrogen (secondary N) is 1. The Bertz CT molecular complexity index is 829. The summed E-state index contributed by atoms with van der Waals surface area (Å²) in [6.45, 7) is 9.93. The molecular formula is C23H29ClN2O2S. The van der Waals surface area contributed by atoms with E-state index in [2.05, 4.69) is 5.32 Å². The molecule has 0 bridgehead atoms. The zero-order valence-electron chi connectivity index (χ0n) is 17.7. The molecule has 0 aliphatic carbocycles. The molecule has 1 atom stereocenters. The van der Waals surface area contributed by atoms with Crippen molar-refractivity contribution < 1.29 is 9.59 Å². The van der Waals surface area contributed by atoms with Crippen LogP contribution in [-0.2, 0) is 16.1 Å². The molecule has 0 heterocycles. The summed E-state index contributed by atoms with van der Waals surface area (Å²) in [4.78, 5) is 28.5. The van der Waals surface area contributed by atoms with Gasteiger partial charge in [-0.15, -0.1) is 11.8 Å². The van der Waals surface area contributed by atoms with E-state index < -0.39 is 6.04 Å². The lowest BCUT2D eigenvalue weighted by Crippen LogP contribution is -2.52. The summed E-state index contributed by atoms with van der Waals surface area (Å²) >= 11 is 7.45. The quantitative estimate of drug-likeness (QED) is 0.621. The Morgan fingerprint density at radius 2 is 1.66 bits per heavy atom. The van der Waals surface area contributed by atoms with Gasteiger partial charge in [0.15, 0.2) is 0 Å². The lowest BCUT2D eigenvalue weighted by molar-refractivity contribution is -0.139. The average Bonchev–Trinajstić information content (AvgIpc) is 2.65. The third-order valence-corrected chi connectivity index (χ3v) is 5.56. The van der Waals surface area contributed by atoms with Gasteiger partial charge in [-0.1, -0.05) is 41.4 Å². The first-order valence-electron chi connectivity index (χ1n) is 9.60. The molecule has 0 saturated heterocycles. The lowest BCUT2D eigenvalue weighted by Gasteiger charge is -2.31. The standard InChI is InChI=1S/C23H29ClN2O2S/c1-16-6-12-20(13-7-16)29-15-21(27)26(14-18-8-10-19(24)11-9-18)17(2)22(28)25-23(3,4)5/h6-13,17H,14-15H2,1-5H3,(H,25,28)/t17-/m1/s1. The van der Waals surface area contributed by atoms with Crippen LogP contribution in [0.2, 0.25) is 5.02 Å². The van der Waals surface area contributed by atoms with E-state index in [1.165, 1.54) is 17.3 Å². The molecule has 6 heteroatoms. The largest absolute Gasteiger partial charge is 0.350 e. The predicted molar refractivity (Wildman–Crippen MR) is 121 cm³/mol. The zero-order chi connectivity index (χ0) is 21.6. The normalized spacial score (nSPS) is 12.3. The summed E-state index contributed by atoms with van der Waals surface area (Å²) < 4.78 is 0. The minimum atomic E-state index is -0.587. The van der Waals surface area contributed by atoms with Gasteiger partial charge in [-0.05, 0) is 64.4 Å². The van der Waals surface area contributed by atoms with Gasteiger partial charge in [0, 0.05) is 22.0 Å². The van der Waals surface area contributed by atoms with E-state index in [9.17, 15) is 9.59 Å². The molecule has 0 aliphatic rings. The van der Waals surface area contributed by atoms with Gasteiger partial charge in [0.25, 0.3) is 0 Å². The Kier molecular flexibility index (Phi) is 8.17. The third kappa shape index (κ3) is 7.75. The molecule has 0 saturated carbocycles. The van der Waals surface area contributed by atoms with Crippen LogP contribution in [0.1, 0.15) is 38.8 Å². The first-order chi connectivity index (χ1) is 13.5. The summed E-state index contributed by atoms with van der Waals surface area (Å²) in [7, 11) is 0. The summed E-state index contributed by atoms with van der Waals surface area (Å²) in [5.74, 6) is 0.0197. The van der Waals surface area contributed by atoms with Crippen molar-refractivity contribution in [3.63, 3.8) is 0 Å². The van der Waals surface area contributed by atoms with Crippen LogP contribution < -0.4 is 5.32 Å². The molecule has 2 aromatic rings. The molecule has 156 valence electrons. The van der Waals surface area contributed by atoms with Gasteiger partial charge in [0.05, 0.1) is 5.75 Å². The minimum Gasteiger partial charge on any atom is -0.350 e. The van der Waals surface area contributed by atoms with E-state index in [-0.39, 0.29) is 23.1 Å². The lowest BCUT2D eigenvalue weighted by atomic mass is 10.1.